The van der Waals surface area contributed by atoms with E-state index in [0.29, 0.717) is 31.8 Å². The minimum Gasteiger partial charge on any atom is -0.367 e. The van der Waals surface area contributed by atoms with E-state index in [4.69, 9.17) is 4.74 Å². The average molecular weight is 466 g/mol. The molecular weight excluding hydrogens is 436 g/mol. The fourth-order valence-corrected chi connectivity index (χ4v) is 4.07. The minimum atomic E-state index is -0.887. The van der Waals surface area contributed by atoms with Crippen LogP contribution < -0.4 is 5.32 Å². The lowest BCUT2D eigenvalue weighted by atomic mass is 10.0. The van der Waals surface area contributed by atoms with Gasteiger partial charge in [0.05, 0.1) is 6.61 Å². The van der Waals surface area contributed by atoms with Crippen LogP contribution in [-0.2, 0) is 4.74 Å². The molecule has 1 heterocycles. The number of carbonyl (C=O) groups excluding carboxylic acids is 1. The number of hydrogen-bond acceptors (Lipinski definition) is 3. The summed E-state index contributed by atoms with van der Waals surface area (Å²) < 4.78 is 33.4. The molecule has 0 aliphatic carbocycles. The number of benzene rings is 3. The highest BCUT2D eigenvalue weighted by Crippen LogP contribution is 2.27. The predicted octanol–water partition coefficient (Wildman–Crippen LogP) is 5.23. The first kappa shape index (κ1) is 23.9. The zero-order chi connectivity index (χ0) is 23.9. The van der Waals surface area contributed by atoms with E-state index >= 15 is 0 Å². The fraction of sp³-hybridized carbons (Fsp3) is 0.296. The lowest BCUT2D eigenvalue weighted by molar-refractivity contribution is 0.0496. The van der Waals surface area contributed by atoms with E-state index < -0.39 is 17.7 Å². The second kappa shape index (κ2) is 11.2. The van der Waals surface area contributed by atoms with E-state index in [2.05, 4.69) is 10.2 Å². The number of piperazine rings is 1. The third kappa shape index (κ3) is 5.98. The standard InChI is InChI=1S/C27H29F2N3O2/c1-20-7-5-6-10-25(20)30-27(33)32-15-13-31(14-16-32)17-18-34-26(21-8-3-2-4-9-21)22-11-12-23(28)24(29)19-22/h2-12,19,26H,13-18H2,1H3,(H,30,33). The normalized spacial score (nSPS) is 15.2. The fourth-order valence-electron chi connectivity index (χ4n) is 4.07. The maximum Gasteiger partial charge on any atom is 0.321 e. The Morgan fingerprint density at radius 2 is 1.62 bits per heavy atom. The molecule has 0 saturated carbocycles. The maximum atomic E-state index is 13.9. The summed E-state index contributed by atoms with van der Waals surface area (Å²) in [5.74, 6) is -1.76. The molecule has 3 aromatic rings. The number of carbonyl (C=O) groups is 1. The SMILES string of the molecule is Cc1ccccc1NC(=O)N1CCN(CCOC(c2ccccc2)c2ccc(F)c(F)c2)CC1. The summed E-state index contributed by atoms with van der Waals surface area (Å²) in [7, 11) is 0. The van der Waals surface area contributed by atoms with Crippen LogP contribution in [0.15, 0.2) is 72.8 Å². The summed E-state index contributed by atoms with van der Waals surface area (Å²) >= 11 is 0. The molecule has 0 aromatic heterocycles. The van der Waals surface area contributed by atoms with Gasteiger partial charge < -0.3 is 15.0 Å². The number of nitrogens with zero attached hydrogens (tertiary/aromatic N) is 2. The summed E-state index contributed by atoms with van der Waals surface area (Å²) in [6.45, 7) is 5.81. The van der Waals surface area contributed by atoms with Crippen molar-refractivity contribution >= 4 is 11.7 Å². The molecule has 2 amide bonds. The van der Waals surface area contributed by atoms with Crippen LogP contribution in [0.25, 0.3) is 0 Å². The minimum absolute atomic E-state index is 0.0901. The number of rotatable bonds is 7. The third-order valence-electron chi connectivity index (χ3n) is 6.09. The molecule has 1 unspecified atom stereocenters. The maximum absolute atomic E-state index is 13.9. The van der Waals surface area contributed by atoms with Crippen molar-refractivity contribution in [2.24, 2.45) is 0 Å². The molecule has 3 aromatic carbocycles. The van der Waals surface area contributed by atoms with Gasteiger partial charge in [0.25, 0.3) is 0 Å². The number of ether oxygens (including phenoxy) is 1. The quantitative estimate of drug-likeness (QED) is 0.520. The van der Waals surface area contributed by atoms with E-state index in [1.165, 1.54) is 6.07 Å². The van der Waals surface area contributed by atoms with E-state index in [9.17, 15) is 13.6 Å². The molecule has 178 valence electrons. The summed E-state index contributed by atoms with van der Waals surface area (Å²) in [4.78, 5) is 16.7. The van der Waals surface area contributed by atoms with Crippen molar-refractivity contribution in [3.8, 4) is 0 Å². The highest BCUT2D eigenvalue weighted by Gasteiger charge is 2.22. The number of urea groups is 1. The summed E-state index contributed by atoms with van der Waals surface area (Å²) in [6.07, 6.45) is -0.488. The topological polar surface area (TPSA) is 44.8 Å². The molecule has 34 heavy (non-hydrogen) atoms. The van der Waals surface area contributed by atoms with Gasteiger partial charge in [-0.3, -0.25) is 4.90 Å². The van der Waals surface area contributed by atoms with Crippen molar-refractivity contribution in [3.05, 3.63) is 101 Å². The Morgan fingerprint density at radius 1 is 0.912 bits per heavy atom. The zero-order valence-electron chi connectivity index (χ0n) is 19.2. The van der Waals surface area contributed by atoms with Crippen molar-refractivity contribution < 1.29 is 18.3 Å². The summed E-state index contributed by atoms with van der Waals surface area (Å²) in [5.41, 5.74) is 3.31. The third-order valence-corrected chi connectivity index (χ3v) is 6.09. The Bertz CT molecular complexity index is 1100. The first-order valence-electron chi connectivity index (χ1n) is 11.5. The molecule has 7 heteroatoms. The van der Waals surface area contributed by atoms with Crippen LogP contribution in [0.1, 0.15) is 22.8 Å². The van der Waals surface area contributed by atoms with Crippen molar-refractivity contribution in [2.75, 3.05) is 44.6 Å². The summed E-state index contributed by atoms with van der Waals surface area (Å²) in [5, 5.41) is 2.98. The molecule has 1 aliphatic heterocycles. The van der Waals surface area contributed by atoms with Gasteiger partial charge in [0.2, 0.25) is 0 Å². The van der Waals surface area contributed by atoms with Gasteiger partial charge in [0, 0.05) is 38.4 Å². The lowest BCUT2D eigenvalue weighted by Crippen LogP contribution is -2.50. The average Bonchev–Trinajstić information content (AvgIpc) is 2.86. The molecule has 5 nitrogen and oxygen atoms in total. The second-order valence-electron chi connectivity index (χ2n) is 8.41. The van der Waals surface area contributed by atoms with Crippen LogP contribution in [0, 0.1) is 18.6 Å². The highest BCUT2D eigenvalue weighted by molar-refractivity contribution is 5.90. The van der Waals surface area contributed by atoms with Crippen LogP contribution in [0.3, 0.4) is 0 Å². The van der Waals surface area contributed by atoms with Crippen LogP contribution in [0.4, 0.5) is 19.3 Å². The lowest BCUT2D eigenvalue weighted by Gasteiger charge is -2.35. The molecule has 0 radical (unpaired) electrons. The van der Waals surface area contributed by atoms with E-state index in [-0.39, 0.29) is 6.03 Å². The summed E-state index contributed by atoms with van der Waals surface area (Å²) in [6, 6.07) is 21.0. The van der Waals surface area contributed by atoms with Gasteiger partial charge in [0.1, 0.15) is 6.10 Å². The molecule has 1 atom stereocenters. The Morgan fingerprint density at radius 3 is 2.32 bits per heavy atom. The molecule has 0 bridgehead atoms. The zero-order valence-corrected chi connectivity index (χ0v) is 19.2. The number of hydrogen-bond donors (Lipinski definition) is 1. The molecule has 1 aliphatic rings. The number of para-hydroxylation sites is 1. The van der Waals surface area contributed by atoms with E-state index in [1.54, 1.807) is 6.07 Å². The van der Waals surface area contributed by atoms with Gasteiger partial charge in [-0.05, 0) is 41.8 Å². The first-order valence-corrected chi connectivity index (χ1v) is 11.5. The first-order chi connectivity index (χ1) is 16.5. The van der Waals surface area contributed by atoms with Gasteiger partial charge in [-0.25, -0.2) is 13.6 Å². The Kier molecular flexibility index (Phi) is 7.87. The number of nitrogens with one attached hydrogen (secondary N) is 1. The van der Waals surface area contributed by atoms with Crippen LogP contribution in [0.5, 0.6) is 0 Å². The number of amides is 2. The molecule has 1 saturated heterocycles. The van der Waals surface area contributed by atoms with Crippen LogP contribution >= 0.6 is 0 Å². The number of halogens is 2. The molecule has 1 fully saturated rings. The number of anilines is 1. The predicted molar refractivity (Wildman–Crippen MR) is 129 cm³/mol. The van der Waals surface area contributed by atoms with Gasteiger partial charge >= 0.3 is 6.03 Å². The molecule has 1 N–H and O–H groups in total. The smallest absolute Gasteiger partial charge is 0.321 e. The van der Waals surface area contributed by atoms with Crippen LogP contribution in [-0.4, -0.2) is 55.2 Å². The van der Waals surface area contributed by atoms with Crippen molar-refractivity contribution in [3.63, 3.8) is 0 Å². The van der Waals surface area contributed by atoms with Gasteiger partial charge in [0.15, 0.2) is 11.6 Å². The van der Waals surface area contributed by atoms with Crippen molar-refractivity contribution in [1.29, 1.82) is 0 Å². The molecular formula is C27H29F2N3O2. The van der Waals surface area contributed by atoms with Gasteiger partial charge in [-0.2, -0.15) is 0 Å². The van der Waals surface area contributed by atoms with Gasteiger partial charge in [-0.15, -0.1) is 0 Å². The molecule has 0 spiro atoms. The van der Waals surface area contributed by atoms with Crippen molar-refractivity contribution in [2.45, 2.75) is 13.0 Å². The Balaban J connectivity index is 1.29. The van der Waals surface area contributed by atoms with E-state index in [1.807, 2.05) is 66.4 Å². The van der Waals surface area contributed by atoms with E-state index in [0.717, 1.165) is 36.0 Å². The monoisotopic (exact) mass is 465 g/mol. The Hall–Kier alpha value is -3.29. The highest BCUT2D eigenvalue weighted by atomic mass is 19.2. The number of aryl methyl sites for hydroxylation is 1. The van der Waals surface area contributed by atoms with Crippen molar-refractivity contribution in [1.82, 2.24) is 9.80 Å². The molecule has 4 rings (SSSR count). The Labute approximate surface area is 198 Å². The van der Waals surface area contributed by atoms with Crippen LogP contribution in [0.2, 0.25) is 0 Å². The largest absolute Gasteiger partial charge is 0.367 e. The van der Waals surface area contributed by atoms with Gasteiger partial charge in [-0.1, -0.05) is 54.6 Å². The second-order valence-corrected chi connectivity index (χ2v) is 8.41.